The molecule has 0 bridgehead atoms. The molecule has 0 amide bonds. The Kier molecular flexibility index (Phi) is 22.6. The van der Waals surface area contributed by atoms with Crippen LogP contribution in [0.1, 0.15) is 39.5 Å². The largest absolute Gasteiger partial charge is 0.392 e. The van der Waals surface area contributed by atoms with Gasteiger partial charge in [-0.3, -0.25) is 0 Å². The average Bonchev–Trinajstić information content (AvgIpc) is 2.39. The fourth-order valence-corrected chi connectivity index (χ4v) is 1.10. The monoisotopic (exact) mass is 252 g/mol. The van der Waals surface area contributed by atoms with Crippen LogP contribution in [0.15, 0.2) is 48.6 Å². The Morgan fingerprint density at radius 1 is 0.556 bits per heavy atom. The van der Waals surface area contributed by atoms with Crippen LogP contribution in [0.25, 0.3) is 0 Å². The molecule has 0 atom stereocenters. The van der Waals surface area contributed by atoms with E-state index >= 15 is 0 Å². The van der Waals surface area contributed by atoms with Crippen molar-refractivity contribution >= 4 is 0 Å². The lowest BCUT2D eigenvalue weighted by Crippen LogP contribution is -1.70. The van der Waals surface area contributed by atoms with E-state index < -0.39 is 0 Å². The number of aliphatic hydroxyl groups excluding tert-OH is 2. The van der Waals surface area contributed by atoms with Crippen molar-refractivity contribution in [1.29, 1.82) is 0 Å². The predicted molar refractivity (Wildman–Crippen MR) is 80.5 cm³/mol. The number of hydrogen-bond acceptors (Lipinski definition) is 2. The number of unbranched alkanes of at least 4 members (excludes halogenated alkanes) is 2. The van der Waals surface area contributed by atoms with Crippen molar-refractivity contribution in [3.63, 3.8) is 0 Å². The topological polar surface area (TPSA) is 40.5 Å². The Labute approximate surface area is 112 Å². The van der Waals surface area contributed by atoms with Crippen LogP contribution in [0.3, 0.4) is 0 Å². The summed E-state index contributed by atoms with van der Waals surface area (Å²) in [6, 6.07) is 0. The van der Waals surface area contributed by atoms with Gasteiger partial charge in [0.05, 0.1) is 13.2 Å². The first-order valence-corrected chi connectivity index (χ1v) is 6.57. The summed E-state index contributed by atoms with van der Waals surface area (Å²) in [4.78, 5) is 0. The molecule has 0 heterocycles. The molecule has 0 aromatic carbocycles. The fourth-order valence-electron chi connectivity index (χ4n) is 1.10. The Morgan fingerprint density at radius 2 is 0.889 bits per heavy atom. The molecule has 18 heavy (non-hydrogen) atoms. The molecule has 0 aromatic heterocycles. The van der Waals surface area contributed by atoms with E-state index in [1.807, 2.05) is 38.2 Å². The molecule has 0 aromatic rings. The minimum atomic E-state index is 0.163. The first-order valence-electron chi connectivity index (χ1n) is 6.57. The highest BCUT2D eigenvalue weighted by molar-refractivity contribution is 4.86. The van der Waals surface area contributed by atoms with Crippen LogP contribution in [0.4, 0.5) is 0 Å². The predicted octanol–water partition coefficient (Wildman–Crippen LogP) is 3.78. The Morgan fingerprint density at radius 3 is 1.17 bits per heavy atom. The molecular weight excluding hydrogens is 224 g/mol. The van der Waals surface area contributed by atoms with Crippen molar-refractivity contribution in [3.05, 3.63) is 48.6 Å². The van der Waals surface area contributed by atoms with E-state index in [0.717, 1.165) is 25.7 Å². The first kappa shape index (κ1) is 19.2. The van der Waals surface area contributed by atoms with E-state index in [9.17, 15) is 0 Å². The maximum atomic E-state index is 8.32. The maximum absolute atomic E-state index is 8.32. The van der Waals surface area contributed by atoms with Crippen LogP contribution in [-0.2, 0) is 0 Å². The van der Waals surface area contributed by atoms with E-state index in [1.54, 1.807) is 12.2 Å². The van der Waals surface area contributed by atoms with Crippen LogP contribution in [-0.4, -0.2) is 23.4 Å². The Hall–Kier alpha value is -1.12. The summed E-state index contributed by atoms with van der Waals surface area (Å²) >= 11 is 0. The second-order valence-electron chi connectivity index (χ2n) is 3.60. The molecule has 0 radical (unpaired) electrons. The lowest BCUT2D eigenvalue weighted by Gasteiger charge is -1.83. The molecule has 0 spiro atoms. The average molecular weight is 252 g/mol. The third kappa shape index (κ3) is 24.2. The van der Waals surface area contributed by atoms with E-state index in [4.69, 9.17) is 10.2 Å². The third-order valence-corrected chi connectivity index (χ3v) is 2.02. The summed E-state index contributed by atoms with van der Waals surface area (Å²) in [5.41, 5.74) is 0. The standard InChI is InChI=1S/2C8H14O/c2*1-2-3-4-5-6-7-8-9/h2*2-3,6-7,9H,4-5,8H2,1H3/b2*3-2+,7-6+. The summed E-state index contributed by atoms with van der Waals surface area (Å²) in [5, 5.41) is 16.6. The summed E-state index contributed by atoms with van der Waals surface area (Å²) in [5.74, 6) is 0. The zero-order valence-corrected chi connectivity index (χ0v) is 11.8. The van der Waals surface area contributed by atoms with Gasteiger partial charge < -0.3 is 10.2 Å². The SMILES string of the molecule is C/C=C/CC/C=C/CO.C/C=C/CC/C=C/CO. The molecule has 0 aliphatic rings. The second kappa shape index (κ2) is 21.2. The van der Waals surface area contributed by atoms with Crippen molar-refractivity contribution in [1.82, 2.24) is 0 Å². The Bertz CT molecular complexity index is 211. The van der Waals surface area contributed by atoms with Crippen LogP contribution in [0, 0.1) is 0 Å². The van der Waals surface area contributed by atoms with E-state index in [-0.39, 0.29) is 13.2 Å². The van der Waals surface area contributed by atoms with E-state index in [2.05, 4.69) is 12.2 Å². The molecule has 0 saturated carbocycles. The molecule has 2 nitrogen and oxygen atoms in total. The molecule has 2 heteroatoms. The van der Waals surface area contributed by atoms with Gasteiger partial charge in [-0.25, -0.2) is 0 Å². The summed E-state index contributed by atoms with van der Waals surface area (Å²) in [6.07, 6.45) is 20.0. The zero-order chi connectivity index (χ0) is 13.9. The van der Waals surface area contributed by atoms with Crippen molar-refractivity contribution in [3.8, 4) is 0 Å². The summed E-state index contributed by atoms with van der Waals surface area (Å²) < 4.78 is 0. The first-order chi connectivity index (χ1) is 8.83. The minimum absolute atomic E-state index is 0.163. The molecule has 0 rings (SSSR count). The molecule has 2 N–H and O–H groups in total. The lowest BCUT2D eigenvalue weighted by atomic mass is 10.3. The molecule has 0 fully saturated rings. The molecule has 0 saturated heterocycles. The van der Waals surface area contributed by atoms with Gasteiger partial charge in [0.25, 0.3) is 0 Å². The fraction of sp³-hybridized carbons (Fsp3) is 0.500. The van der Waals surface area contributed by atoms with Gasteiger partial charge in [-0.1, -0.05) is 48.6 Å². The van der Waals surface area contributed by atoms with Gasteiger partial charge in [-0.05, 0) is 39.5 Å². The molecule has 0 unspecified atom stereocenters. The van der Waals surface area contributed by atoms with Crippen LogP contribution < -0.4 is 0 Å². The molecule has 0 aliphatic heterocycles. The quantitative estimate of drug-likeness (QED) is 0.510. The van der Waals surface area contributed by atoms with E-state index in [1.165, 1.54) is 0 Å². The maximum Gasteiger partial charge on any atom is 0.0612 e. The number of allylic oxidation sites excluding steroid dienone is 6. The van der Waals surface area contributed by atoms with Crippen LogP contribution in [0.5, 0.6) is 0 Å². The number of rotatable bonds is 8. The van der Waals surface area contributed by atoms with Crippen molar-refractivity contribution in [2.24, 2.45) is 0 Å². The van der Waals surface area contributed by atoms with Crippen LogP contribution >= 0.6 is 0 Å². The summed E-state index contributed by atoms with van der Waals surface area (Å²) in [6.45, 7) is 4.34. The van der Waals surface area contributed by atoms with E-state index in [0.29, 0.717) is 0 Å². The Balaban J connectivity index is 0. The van der Waals surface area contributed by atoms with Gasteiger partial charge in [0.15, 0.2) is 0 Å². The molecule has 0 aliphatic carbocycles. The summed E-state index contributed by atoms with van der Waals surface area (Å²) in [7, 11) is 0. The van der Waals surface area contributed by atoms with Crippen LogP contribution in [0.2, 0.25) is 0 Å². The van der Waals surface area contributed by atoms with Gasteiger partial charge in [-0.15, -0.1) is 0 Å². The second-order valence-corrected chi connectivity index (χ2v) is 3.60. The van der Waals surface area contributed by atoms with Gasteiger partial charge in [-0.2, -0.15) is 0 Å². The van der Waals surface area contributed by atoms with Gasteiger partial charge in [0.2, 0.25) is 0 Å². The minimum Gasteiger partial charge on any atom is -0.392 e. The van der Waals surface area contributed by atoms with Crippen molar-refractivity contribution < 1.29 is 10.2 Å². The zero-order valence-electron chi connectivity index (χ0n) is 11.8. The highest BCUT2D eigenvalue weighted by Gasteiger charge is 1.73. The van der Waals surface area contributed by atoms with Crippen molar-refractivity contribution in [2.45, 2.75) is 39.5 Å². The molecular formula is C16H28O2. The molecule has 104 valence electrons. The number of aliphatic hydroxyl groups is 2. The third-order valence-electron chi connectivity index (χ3n) is 2.02. The number of hydrogen-bond donors (Lipinski definition) is 2. The van der Waals surface area contributed by atoms with Gasteiger partial charge in [0, 0.05) is 0 Å². The highest BCUT2D eigenvalue weighted by atomic mass is 16.3. The smallest absolute Gasteiger partial charge is 0.0612 e. The highest BCUT2D eigenvalue weighted by Crippen LogP contribution is 1.91. The van der Waals surface area contributed by atoms with Gasteiger partial charge in [0.1, 0.15) is 0 Å². The van der Waals surface area contributed by atoms with Gasteiger partial charge >= 0.3 is 0 Å². The normalized spacial score (nSPS) is 11.8. The lowest BCUT2D eigenvalue weighted by molar-refractivity contribution is 0.342. The van der Waals surface area contributed by atoms with Crippen molar-refractivity contribution in [2.75, 3.05) is 13.2 Å².